The highest BCUT2D eigenvalue weighted by atomic mass is 35.5. The number of piperazine rings is 1. The summed E-state index contributed by atoms with van der Waals surface area (Å²) in [6.45, 7) is 4.35. The molecule has 2 saturated heterocycles. The van der Waals surface area contributed by atoms with Crippen molar-refractivity contribution in [3.8, 4) is 0 Å². The van der Waals surface area contributed by atoms with Crippen LogP contribution in [0, 0.1) is 0 Å². The van der Waals surface area contributed by atoms with Crippen LogP contribution >= 0.6 is 11.6 Å². The topological polar surface area (TPSA) is 58.4 Å². The van der Waals surface area contributed by atoms with Crippen molar-refractivity contribution in [3.63, 3.8) is 0 Å². The molecule has 1 aromatic heterocycles. The Morgan fingerprint density at radius 3 is 2.80 bits per heavy atom. The predicted molar refractivity (Wildman–Crippen MR) is 76.2 cm³/mol. The van der Waals surface area contributed by atoms with Gasteiger partial charge in [-0.2, -0.15) is 4.31 Å². The standard InChI is InChI=1S/C12H19ClN4O2S/c1-9-6-16-5-3-4-10(16)7-17(9)20(18,19)12-11(13)15(2)8-14-12/h8-10H,3-7H2,1-2H3. The Morgan fingerprint density at radius 1 is 1.40 bits per heavy atom. The van der Waals surface area contributed by atoms with Crippen LogP contribution in [0.1, 0.15) is 19.8 Å². The summed E-state index contributed by atoms with van der Waals surface area (Å²) in [5.74, 6) is 0. The normalized spacial score (nSPS) is 28.8. The molecule has 0 saturated carbocycles. The fourth-order valence-corrected chi connectivity index (χ4v) is 5.23. The highest BCUT2D eigenvalue weighted by Gasteiger charge is 2.41. The van der Waals surface area contributed by atoms with Crippen LogP contribution < -0.4 is 0 Å². The van der Waals surface area contributed by atoms with E-state index in [1.807, 2.05) is 6.92 Å². The summed E-state index contributed by atoms with van der Waals surface area (Å²) in [6.07, 6.45) is 3.65. The Kier molecular flexibility index (Phi) is 3.56. The maximum Gasteiger partial charge on any atom is 0.264 e. The van der Waals surface area contributed by atoms with Gasteiger partial charge in [0.05, 0.1) is 6.33 Å². The summed E-state index contributed by atoms with van der Waals surface area (Å²) in [5.41, 5.74) is 0. The maximum atomic E-state index is 12.8. The first-order valence-corrected chi connectivity index (χ1v) is 8.66. The molecular weight excluding hydrogens is 300 g/mol. The molecule has 0 bridgehead atoms. The van der Waals surface area contributed by atoms with Crippen molar-refractivity contribution >= 4 is 21.6 Å². The Labute approximate surface area is 124 Å². The van der Waals surface area contributed by atoms with Crippen LogP contribution in [-0.4, -0.2) is 58.9 Å². The number of sulfonamides is 1. The maximum absolute atomic E-state index is 12.8. The second kappa shape index (κ2) is 4.98. The third-order valence-electron chi connectivity index (χ3n) is 4.27. The fraction of sp³-hybridized carbons (Fsp3) is 0.750. The summed E-state index contributed by atoms with van der Waals surface area (Å²) in [5, 5.41) is 0.144. The molecule has 0 N–H and O–H groups in total. The largest absolute Gasteiger partial charge is 0.324 e. The molecule has 0 aromatic carbocycles. The van der Waals surface area contributed by atoms with E-state index in [1.54, 1.807) is 11.4 Å². The van der Waals surface area contributed by atoms with E-state index >= 15 is 0 Å². The zero-order valence-electron chi connectivity index (χ0n) is 11.7. The Hall–Kier alpha value is -0.630. The molecule has 0 radical (unpaired) electrons. The monoisotopic (exact) mass is 318 g/mol. The van der Waals surface area contributed by atoms with Crippen LogP contribution in [-0.2, 0) is 17.1 Å². The van der Waals surface area contributed by atoms with Crippen LogP contribution in [0.15, 0.2) is 11.4 Å². The molecule has 1 aromatic rings. The molecule has 3 heterocycles. The number of nitrogens with zero attached hydrogens (tertiary/aromatic N) is 4. The van der Waals surface area contributed by atoms with Gasteiger partial charge in [-0.3, -0.25) is 4.90 Å². The highest BCUT2D eigenvalue weighted by Crippen LogP contribution is 2.30. The lowest BCUT2D eigenvalue weighted by atomic mass is 10.1. The van der Waals surface area contributed by atoms with Crippen molar-refractivity contribution in [2.75, 3.05) is 19.6 Å². The summed E-state index contributed by atoms with van der Waals surface area (Å²) >= 11 is 6.06. The van der Waals surface area contributed by atoms with Gasteiger partial charge < -0.3 is 4.57 Å². The summed E-state index contributed by atoms with van der Waals surface area (Å²) in [6, 6.07) is 0.288. The quantitative estimate of drug-likeness (QED) is 0.814. The first kappa shape index (κ1) is 14.3. The van der Waals surface area contributed by atoms with Gasteiger partial charge in [0.15, 0.2) is 0 Å². The Morgan fingerprint density at radius 2 is 2.15 bits per heavy atom. The predicted octanol–water partition coefficient (Wildman–Crippen LogP) is 0.931. The number of imidazole rings is 1. The molecule has 8 heteroatoms. The van der Waals surface area contributed by atoms with E-state index in [2.05, 4.69) is 9.88 Å². The minimum atomic E-state index is -3.62. The van der Waals surface area contributed by atoms with Crippen LogP contribution in [0.25, 0.3) is 0 Å². The van der Waals surface area contributed by atoms with Gasteiger partial charge in [0, 0.05) is 32.2 Å². The van der Waals surface area contributed by atoms with E-state index < -0.39 is 10.0 Å². The number of rotatable bonds is 2. The van der Waals surface area contributed by atoms with E-state index in [1.165, 1.54) is 10.9 Å². The molecule has 2 unspecified atom stereocenters. The lowest BCUT2D eigenvalue weighted by molar-refractivity contribution is 0.117. The molecule has 6 nitrogen and oxygen atoms in total. The Bertz CT molecular complexity index is 615. The van der Waals surface area contributed by atoms with Crippen molar-refractivity contribution in [3.05, 3.63) is 11.5 Å². The molecule has 3 rings (SSSR count). The highest BCUT2D eigenvalue weighted by molar-refractivity contribution is 7.89. The number of hydrogen-bond donors (Lipinski definition) is 0. The summed E-state index contributed by atoms with van der Waals surface area (Å²) < 4.78 is 28.6. The van der Waals surface area contributed by atoms with Gasteiger partial charge in [-0.15, -0.1) is 0 Å². The van der Waals surface area contributed by atoms with Crippen LogP contribution in [0.3, 0.4) is 0 Å². The molecule has 0 amide bonds. The first-order valence-electron chi connectivity index (χ1n) is 6.84. The Balaban J connectivity index is 1.93. The molecule has 20 heavy (non-hydrogen) atoms. The van der Waals surface area contributed by atoms with E-state index in [4.69, 9.17) is 11.6 Å². The fourth-order valence-electron chi connectivity index (χ4n) is 3.17. The van der Waals surface area contributed by atoms with Gasteiger partial charge in [0.2, 0.25) is 5.03 Å². The van der Waals surface area contributed by atoms with E-state index in [-0.39, 0.29) is 16.2 Å². The van der Waals surface area contributed by atoms with Gasteiger partial charge >= 0.3 is 0 Å². The number of hydrogen-bond acceptors (Lipinski definition) is 4. The van der Waals surface area contributed by atoms with Gasteiger partial charge in [-0.25, -0.2) is 13.4 Å². The van der Waals surface area contributed by atoms with Crippen molar-refractivity contribution < 1.29 is 8.42 Å². The van der Waals surface area contributed by atoms with Gasteiger partial charge in [0.1, 0.15) is 5.15 Å². The second-order valence-electron chi connectivity index (χ2n) is 5.67. The lowest BCUT2D eigenvalue weighted by Crippen LogP contribution is -2.56. The van der Waals surface area contributed by atoms with E-state index in [0.29, 0.717) is 12.6 Å². The third kappa shape index (κ3) is 2.16. The average molecular weight is 319 g/mol. The number of halogens is 1. The van der Waals surface area contributed by atoms with Gasteiger partial charge in [-0.1, -0.05) is 11.6 Å². The first-order chi connectivity index (χ1) is 9.41. The lowest BCUT2D eigenvalue weighted by Gasteiger charge is -2.40. The molecule has 2 aliphatic heterocycles. The van der Waals surface area contributed by atoms with Crippen molar-refractivity contribution in [2.24, 2.45) is 7.05 Å². The molecule has 2 aliphatic rings. The molecule has 2 fully saturated rings. The average Bonchev–Trinajstić information content (AvgIpc) is 2.96. The van der Waals surface area contributed by atoms with Crippen molar-refractivity contribution in [1.82, 2.24) is 18.8 Å². The van der Waals surface area contributed by atoms with Crippen molar-refractivity contribution in [2.45, 2.75) is 36.9 Å². The number of aryl methyl sites for hydroxylation is 1. The number of fused-ring (bicyclic) bond motifs is 1. The molecule has 0 spiro atoms. The van der Waals surface area contributed by atoms with Crippen molar-refractivity contribution in [1.29, 1.82) is 0 Å². The molecule has 0 aliphatic carbocycles. The zero-order chi connectivity index (χ0) is 14.5. The zero-order valence-corrected chi connectivity index (χ0v) is 13.2. The number of aromatic nitrogens is 2. The molecular formula is C12H19ClN4O2S. The molecule has 112 valence electrons. The van der Waals surface area contributed by atoms with Crippen LogP contribution in [0.4, 0.5) is 0 Å². The van der Waals surface area contributed by atoms with Gasteiger partial charge in [-0.05, 0) is 26.3 Å². The third-order valence-corrected chi connectivity index (χ3v) is 6.74. The minimum Gasteiger partial charge on any atom is -0.324 e. The molecule has 2 atom stereocenters. The second-order valence-corrected chi connectivity index (χ2v) is 7.83. The minimum absolute atomic E-state index is 0.0278. The smallest absolute Gasteiger partial charge is 0.264 e. The summed E-state index contributed by atoms with van der Waals surface area (Å²) in [4.78, 5) is 6.36. The summed E-state index contributed by atoms with van der Waals surface area (Å²) in [7, 11) is -1.93. The van der Waals surface area contributed by atoms with E-state index in [0.717, 1.165) is 25.9 Å². The van der Waals surface area contributed by atoms with Crippen LogP contribution in [0.2, 0.25) is 5.15 Å². The van der Waals surface area contributed by atoms with E-state index in [9.17, 15) is 8.42 Å². The van der Waals surface area contributed by atoms with Crippen LogP contribution in [0.5, 0.6) is 0 Å². The SMILES string of the molecule is CC1CN2CCCC2CN1S(=O)(=O)c1ncn(C)c1Cl. The van der Waals surface area contributed by atoms with Gasteiger partial charge in [0.25, 0.3) is 10.0 Å².